The number of methoxy groups -OCH3 is 1. The lowest BCUT2D eigenvalue weighted by Gasteiger charge is -2.32. The van der Waals surface area contributed by atoms with Gasteiger partial charge in [0.05, 0.1) is 12.3 Å². The Morgan fingerprint density at radius 3 is 2.94 bits per heavy atom. The van der Waals surface area contributed by atoms with Gasteiger partial charge in [0.25, 0.3) is 0 Å². The third-order valence-corrected chi connectivity index (χ3v) is 4.77. The quantitative estimate of drug-likeness (QED) is 0.910. The molecular formula is C13H23N3OS. The first kappa shape index (κ1) is 13.8. The van der Waals surface area contributed by atoms with Crippen molar-refractivity contribution in [2.24, 2.45) is 11.1 Å². The van der Waals surface area contributed by atoms with Crippen LogP contribution in [0.3, 0.4) is 0 Å². The van der Waals surface area contributed by atoms with E-state index in [-0.39, 0.29) is 11.5 Å². The van der Waals surface area contributed by atoms with Crippen molar-refractivity contribution in [3.05, 3.63) is 10.6 Å². The molecule has 1 unspecified atom stereocenters. The Kier molecular flexibility index (Phi) is 3.94. The van der Waals surface area contributed by atoms with Gasteiger partial charge in [-0.3, -0.25) is 0 Å². The number of hydrogen-bond donors (Lipinski definition) is 1. The molecule has 1 aliphatic carbocycles. The van der Waals surface area contributed by atoms with Crippen LogP contribution in [0.2, 0.25) is 0 Å². The minimum atomic E-state index is 0.144. The highest BCUT2D eigenvalue weighted by Gasteiger charge is 2.33. The number of anilines is 1. The molecule has 1 aliphatic rings. The molecule has 0 radical (unpaired) electrons. The molecule has 18 heavy (non-hydrogen) atoms. The van der Waals surface area contributed by atoms with Gasteiger partial charge in [0.2, 0.25) is 0 Å². The number of ether oxygens (including phenoxy) is 1. The van der Waals surface area contributed by atoms with Crippen molar-refractivity contribution in [1.82, 2.24) is 4.98 Å². The Morgan fingerprint density at radius 2 is 2.28 bits per heavy atom. The molecule has 0 saturated carbocycles. The lowest BCUT2D eigenvalue weighted by atomic mass is 9.77. The van der Waals surface area contributed by atoms with E-state index < -0.39 is 0 Å². The fourth-order valence-corrected chi connectivity index (χ4v) is 3.54. The van der Waals surface area contributed by atoms with Gasteiger partial charge in [0.1, 0.15) is 0 Å². The average molecular weight is 269 g/mol. The summed E-state index contributed by atoms with van der Waals surface area (Å²) in [6.07, 6.45) is 2.08. The third-order valence-electron chi connectivity index (χ3n) is 3.43. The van der Waals surface area contributed by atoms with Crippen molar-refractivity contribution in [2.45, 2.75) is 32.7 Å². The predicted molar refractivity (Wildman–Crippen MR) is 76.3 cm³/mol. The molecule has 4 nitrogen and oxygen atoms in total. The first-order valence-electron chi connectivity index (χ1n) is 6.38. The van der Waals surface area contributed by atoms with E-state index in [4.69, 9.17) is 15.5 Å². The SMILES string of the molecule is COCCN(C)c1nc2c(s1)C(N)CC(C)(C)C2. The van der Waals surface area contributed by atoms with Gasteiger partial charge < -0.3 is 15.4 Å². The van der Waals surface area contributed by atoms with E-state index in [0.29, 0.717) is 0 Å². The zero-order valence-corrected chi connectivity index (χ0v) is 12.5. The Morgan fingerprint density at radius 1 is 1.56 bits per heavy atom. The van der Waals surface area contributed by atoms with E-state index in [1.165, 1.54) is 10.6 Å². The van der Waals surface area contributed by atoms with Gasteiger partial charge in [-0.1, -0.05) is 13.8 Å². The second-order valence-corrected chi connectivity index (χ2v) is 6.88. The molecule has 1 atom stereocenters. The second kappa shape index (κ2) is 5.15. The zero-order valence-electron chi connectivity index (χ0n) is 11.7. The second-order valence-electron chi connectivity index (χ2n) is 5.87. The first-order valence-corrected chi connectivity index (χ1v) is 7.20. The van der Waals surface area contributed by atoms with Gasteiger partial charge >= 0.3 is 0 Å². The Balaban J connectivity index is 2.18. The van der Waals surface area contributed by atoms with Crippen molar-refractivity contribution in [1.29, 1.82) is 0 Å². The Labute approximate surface area is 113 Å². The normalized spacial score (nSPS) is 21.7. The molecule has 0 spiro atoms. The molecule has 1 aromatic heterocycles. The number of fused-ring (bicyclic) bond motifs is 1. The van der Waals surface area contributed by atoms with Gasteiger partial charge in [-0.25, -0.2) is 4.98 Å². The average Bonchev–Trinajstić information content (AvgIpc) is 2.68. The summed E-state index contributed by atoms with van der Waals surface area (Å²) in [7, 11) is 3.78. The molecule has 0 aliphatic heterocycles. The van der Waals surface area contributed by atoms with Gasteiger partial charge in [0.15, 0.2) is 5.13 Å². The van der Waals surface area contributed by atoms with Gasteiger partial charge in [-0.05, 0) is 18.3 Å². The van der Waals surface area contributed by atoms with Crippen LogP contribution in [-0.4, -0.2) is 32.3 Å². The number of aromatic nitrogens is 1. The summed E-state index contributed by atoms with van der Waals surface area (Å²) in [6.45, 7) is 6.12. The van der Waals surface area contributed by atoms with Gasteiger partial charge in [-0.2, -0.15) is 0 Å². The number of hydrogen-bond acceptors (Lipinski definition) is 5. The maximum absolute atomic E-state index is 6.26. The fourth-order valence-electron chi connectivity index (χ4n) is 2.47. The number of rotatable bonds is 4. The van der Waals surface area contributed by atoms with Crippen LogP contribution in [0.15, 0.2) is 0 Å². The summed E-state index contributed by atoms with van der Waals surface area (Å²) >= 11 is 1.74. The smallest absolute Gasteiger partial charge is 0.185 e. The summed E-state index contributed by atoms with van der Waals surface area (Å²) in [4.78, 5) is 8.18. The number of nitrogens with two attached hydrogens (primary N) is 1. The molecule has 0 saturated heterocycles. The molecular weight excluding hydrogens is 246 g/mol. The van der Waals surface area contributed by atoms with Crippen LogP contribution >= 0.6 is 11.3 Å². The molecule has 0 fully saturated rings. The lowest BCUT2D eigenvalue weighted by molar-refractivity contribution is 0.206. The molecule has 5 heteroatoms. The highest BCUT2D eigenvalue weighted by Crippen LogP contribution is 2.43. The largest absolute Gasteiger partial charge is 0.383 e. The molecule has 2 N–H and O–H groups in total. The van der Waals surface area contributed by atoms with Crippen LogP contribution in [0.1, 0.15) is 36.9 Å². The van der Waals surface area contributed by atoms with Crippen LogP contribution in [0.4, 0.5) is 5.13 Å². The summed E-state index contributed by atoms with van der Waals surface area (Å²) < 4.78 is 5.10. The minimum absolute atomic E-state index is 0.144. The van der Waals surface area contributed by atoms with E-state index in [1.807, 2.05) is 0 Å². The van der Waals surface area contributed by atoms with Crippen LogP contribution in [0, 0.1) is 5.41 Å². The Hall–Kier alpha value is -0.650. The molecule has 0 bridgehead atoms. The van der Waals surface area contributed by atoms with Crippen LogP contribution in [0.5, 0.6) is 0 Å². The summed E-state index contributed by atoms with van der Waals surface area (Å²) in [5.41, 5.74) is 7.73. The molecule has 102 valence electrons. The molecule has 2 rings (SSSR count). The number of nitrogens with zero attached hydrogens (tertiary/aromatic N) is 2. The van der Waals surface area contributed by atoms with Crippen molar-refractivity contribution in [3.63, 3.8) is 0 Å². The van der Waals surface area contributed by atoms with Crippen molar-refractivity contribution < 1.29 is 4.74 Å². The van der Waals surface area contributed by atoms with E-state index >= 15 is 0 Å². The zero-order chi connectivity index (χ0) is 13.3. The number of likely N-dealkylation sites (N-methyl/N-ethyl adjacent to an activating group) is 1. The minimum Gasteiger partial charge on any atom is -0.383 e. The molecule has 1 aromatic rings. The highest BCUT2D eigenvalue weighted by molar-refractivity contribution is 7.15. The summed E-state index contributed by atoms with van der Waals surface area (Å²) in [5.74, 6) is 0. The summed E-state index contributed by atoms with van der Waals surface area (Å²) in [5, 5.41) is 1.06. The molecule has 0 aromatic carbocycles. The molecule has 1 heterocycles. The number of thiazole rings is 1. The van der Waals surface area contributed by atoms with E-state index in [2.05, 4.69) is 25.8 Å². The van der Waals surface area contributed by atoms with E-state index in [1.54, 1.807) is 18.4 Å². The fraction of sp³-hybridized carbons (Fsp3) is 0.769. The maximum atomic E-state index is 6.26. The van der Waals surface area contributed by atoms with E-state index in [0.717, 1.165) is 31.1 Å². The molecule has 0 amide bonds. The maximum Gasteiger partial charge on any atom is 0.185 e. The summed E-state index contributed by atoms with van der Waals surface area (Å²) in [6, 6.07) is 0.144. The van der Waals surface area contributed by atoms with Crippen molar-refractivity contribution in [3.8, 4) is 0 Å². The standard InChI is InChI=1S/C13H23N3OS/c1-13(2)7-9(14)11-10(8-13)15-12(18-11)16(3)5-6-17-4/h9H,5-8,14H2,1-4H3. The van der Waals surface area contributed by atoms with Crippen LogP contribution in [0.25, 0.3) is 0 Å². The van der Waals surface area contributed by atoms with E-state index in [9.17, 15) is 0 Å². The monoisotopic (exact) mass is 269 g/mol. The lowest BCUT2D eigenvalue weighted by Crippen LogP contribution is -2.28. The van der Waals surface area contributed by atoms with Crippen molar-refractivity contribution >= 4 is 16.5 Å². The first-order chi connectivity index (χ1) is 8.43. The topological polar surface area (TPSA) is 51.4 Å². The van der Waals surface area contributed by atoms with Crippen LogP contribution < -0.4 is 10.6 Å². The van der Waals surface area contributed by atoms with Gasteiger partial charge in [0, 0.05) is 31.6 Å². The van der Waals surface area contributed by atoms with Crippen molar-refractivity contribution in [2.75, 3.05) is 32.2 Å². The third kappa shape index (κ3) is 2.84. The van der Waals surface area contributed by atoms with Crippen LogP contribution in [-0.2, 0) is 11.2 Å². The Bertz CT molecular complexity index is 416. The van der Waals surface area contributed by atoms with Gasteiger partial charge in [-0.15, -0.1) is 11.3 Å². The highest BCUT2D eigenvalue weighted by atomic mass is 32.1. The predicted octanol–water partition coefficient (Wildman–Crippen LogP) is 2.20.